The predicted molar refractivity (Wildman–Crippen MR) is 112 cm³/mol. The van der Waals surface area contributed by atoms with Gasteiger partial charge in [-0.25, -0.2) is 4.99 Å². The van der Waals surface area contributed by atoms with E-state index in [1.54, 1.807) is 0 Å². The van der Waals surface area contributed by atoms with Crippen molar-refractivity contribution < 1.29 is 4.79 Å². The van der Waals surface area contributed by atoms with E-state index < -0.39 is 0 Å². The number of guanidine groups is 1. The predicted octanol–water partition coefficient (Wildman–Crippen LogP) is 2.97. The second-order valence-electron chi connectivity index (χ2n) is 7.11. The zero-order valence-electron chi connectivity index (χ0n) is 15.0. The fourth-order valence-corrected chi connectivity index (χ4v) is 3.59. The van der Waals surface area contributed by atoms with E-state index in [0.717, 1.165) is 31.6 Å². The number of nitrogens with zero attached hydrogens (tertiary/aromatic N) is 3. The Hall–Kier alpha value is -1.31. The Morgan fingerprint density at radius 2 is 2.08 bits per heavy atom. The van der Waals surface area contributed by atoms with Crippen LogP contribution in [0.2, 0.25) is 0 Å². The van der Waals surface area contributed by atoms with Crippen LogP contribution in [0.4, 0.5) is 0 Å². The number of carbonyl (C=O) groups excluding carboxylic acids is 1. The lowest BCUT2D eigenvalue weighted by Crippen LogP contribution is -2.43. The number of nitrogens with two attached hydrogens (primary N) is 1. The molecule has 2 aliphatic heterocycles. The van der Waals surface area contributed by atoms with Crippen LogP contribution in [-0.2, 0) is 17.9 Å². The van der Waals surface area contributed by atoms with Gasteiger partial charge in [0.1, 0.15) is 0 Å². The van der Waals surface area contributed by atoms with Gasteiger partial charge in [-0.2, -0.15) is 0 Å². The second-order valence-corrected chi connectivity index (χ2v) is 7.11. The molecule has 2 fully saturated rings. The monoisotopic (exact) mass is 456 g/mol. The van der Waals surface area contributed by atoms with Crippen LogP contribution in [0.15, 0.2) is 29.3 Å². The molecule has 6 heteroatoms. The first-order valence-electron chi connectivity index (χ1n) is 9.02. The minimum Gasteiger partial charge on any atom is -0.370 e. The van der Waals surface area contributed by atoms with Crippen molar-refractivity contribution in [3.05, 3.63) is 35.4 Å². The molecule has 1 unspecified atom stereocenters. The first-order valence-corrected chi connectivity index (χ1v) is 9.02. The summed E-state index contributed by atoms with van der Waals surface area (Å²) in [6.45, 7) is 6.46. The number of rotatable bonds is 4. The van der Waals surface area contributed by atoms with Crippen LogP contribution in [0.1, 0.15) is 43.7 Å². The summed E-state index contributed by atoms with van der Waals surface area (Å²) in [4.78, 5) is 20.5. The number of likely N-dealkylation sites (tertiary alicyclic amines) is 2. The Morgan fingerprint density at radius 1 is 1.28 bits per heavy atom. The van der Waals surface area contributed by atoms with Crippen molar-refractivity contribution in [2.24, 2.45) is 16.6 Å². The van der Waals surface area contributed by atoms with E-state index in [1.165, 1.54) is 18.4 Å². The molecule has 2 saturated heterocycles. The molecule has 25 heavy (non-hydrogen) atoms. The third-order valence-corrected chi connectivity index (χ3v) is 4.94. The van der Waals surface area contributed by atoms with Gasteiger partial charge in [0, 0.05) is 32.6 Å². The Kier molecular flexibility index (Phi) is 7.53. The molecule has 0 saturated carbocycles. The zero-order chi connectivity index (χ0) is 16.9. The maximum Gasteiger partial charge on any atom is 0.222 e. The van der Waals surface area contributed by atoms with E-state index in [4.69, 9.17) is 5.73 Å². The van der Waals surface area contributed by atoms with Gasteiger partial charge in [0.2, 0.25) is 5.91 Å². The summed E-state index contributed by atoms with van der Waals surface area (Å²) in [6.07, 6.45) is 4.14. The molecule has 0 radical (unpaired) electrons. The number of halogens is 1. The van der Waals surface area contributed by atoms with E-state index in [1.807, 2.05) is 11.0 Å². The molecule has 0 bridgehead atoms. The van der Waals surface area contributed by atoms with Crippen molar-refractivity contribution >= 4 is 35.8 Å². The Bertz CT molecular complexity index is 619. The van der Waals surface area contributed by atoms with E-state index in [9.17, 15) is 4.79 Å². The maximum absolute atomic E-state index is 11.8. The summed E-state index contributed by atoms with van der Waals surface area (Å²) in [6, 6.07) is 8.33. The maximum atomic E-state index is 11.8. The average molecular weight is 456 g/mol. The first-order chi connectivity index (χ1) is 11.6. The number of hydrogen-bond donors (Lipinski definition) is 1. The highest BCUT2D eigenvalue weighted by atomic mass is 127. The fraction of sp³-hybridized carbons (Fsp3) is 0.579. The molecule has 0 aliphatic carbocycles. The van der Waals surface area contributed by atoms with Crippen molar-refractivity contribution in [3.63, 3.8) is 0 Å². The number of piperidine rings is 1. The van der Waals surface area contributed by atoms with Gasteiger partial charge in [0.05, 0.1) is 6.54 Å². The summed E-state index contributed by atoms with van der Waals surface area (Å²) >= 11 is 0. The number of carbonyl (C=O) groups is 1. The molecule has 5 nitrogen and oxygen atoms in total. The van der Waals surface area contributed by atoms with Gasteiger partial charge in [0.15, 0.2) is 5.96 Å². The van der Waals surface area contributed by atoms with Crippen LogP contribution in [0, 0.1) is 5.92 Å². The van der Waals surface area contributed by atoms with Crippen LogP contribution in [0.25, 0.3) is 0 Å². The second kappa shape index (κ2) is 9.40. The van der Waals surface area contributed by atoms with Crippen LogP contribution in [-0.4, -0.2) is 41.3 Å². The SMILES string of the molecule is CC1CCCN(C(N)=NCc2cccc(CN3CCCC3=O)c2)C1.I. The van der Waals surface area contributed by atoms with Crippen molar-refractivity contribution in [1.82, 2.24) is 9.80 Å². The van der Waals surface area contributed by atoms with E-state index in [0.29, 0.717) is 31.4 Å². The van der Waals surface area contributed by atoms with Crippen molar-refractivity contribution in [2.75, 3.05) is 19.6 Å². The number of hydrogen-bond acceptors (Lipinski definition) is 2. The van der Waals surface area contributed by atoms with Gasteiger partial charge in [-0.05, 0) is 36.3 Å². The smallest absolute Gasteiger partial charge is 0.222 e. The molecule has 0 aromatic heterocycles. The Labute approximate surface area is 167 Å². The molecule has 1 atom stereocenters. The summed E-state index contributed by atoms with van der Waals surface area (Å²) in [5.74, 6) is 1.61. The molecule has 1 aromatic carbocycles. The molecule has 2 N–H and O–H groups in total. The summed E-state index contributed by atoms with van der Waals surface area (Å²) in [5.41, 5.74) is 8.48. The summed E-state index contributed by atoms with van der Waals surface area (Å²) in [5, 5.41) is 0. The van der Waals surface area contributed by atoms with Gasteiger partial charge in [0.25, 0.3) is 0 Å². The van der Waals surface area contributed by atoms with Crippen LogP contribution in [0.3, 0.4) is 0 Å². The van der Waals surface area contributed by atoms with Crippen molar-refractivity contribution in [3.8, 4) is 0 Å². The standard InChI is InChI=1S/C19H28N4O.HI/c1-15-5-3-10-23(13-15)19(20)21-12-16-6-2-7-17(11-16)14-22-9-4-8-18(22)24;/h2,6-7,11,15H,3-5,8-10,12-14H2,1H3,(H2,20,21);1H. The largest absolute Gasteiger partial charge is 0.370 e. The lowest BCUT2D eigenvalue weighted by Gasteiger charge is -2.31. The molecule has 1 amide bonds. The van der Waals surface area contributed by atoms with Gasteiger partial charge in [-0.1, -0.05) is 31.2 Å². The van der Waals surface area contributed by atoms with Gasteiger partial charge < -0.3 is 15.5 Å². The molecular formula is C19H29IN4O. The molecule has 2 heterocycles. The average Bonchev–Trinajstić information content (AvgIpc) is 2.98. The third kappa shape index (κ3) is 5.59. The highest BCUT2D eigenvalue weighted by molar-refractivity contribution is 14.0. The Balaban J connectivity index is 0.00000225. The van der Waals surface area contributed by atoms with E-state index in [-0.39, 0.29) is 29.9 Å². The van der Waals surface area contributed by atoms with Crippen LogP contribution < -0.4 is 5.73 Å². The quantitative estimate of drug-likeness (QED) is 0.431. The van der Waals surface area contributed by atoms with Gasteiger partial charge in [-0.15, -0.1) is 24.0 Å². The molecule has 1 aromatic rings. The highest BCUT2D eigenvalue weighted by Crippen LogP contribution is 2.17. The lowest BCUT2D eigenvalue weighted by molar-refractivity contribution is -0.128. The zero-order valence-corrected chi connectivity index (χ0v) is 17.3. The first kappa shape index (κ1) is 20.0. The van der Waals surface area contributed by atoms with Crippen molar-refractivity contribution in [1.29, 1.82) is 0 Å². The normalized spacial score (nSPS) is 21.4. The molecular weight excluding hydrogens is 427 g/mol. The number of amides is 1. The highest BCUT2D eigenvalue weighted by Gasteiger charge is 2.20. The van der Waals surface area contributed by atoms with E-state index >= 15 is 0 Å². The Morgan fingerprint density at radius 3 is 2.80 bits per heavy atom. The van der Waals surface area contributed by atoms with Crippen LogP contribution in [0.5, 0.6) is 0 Å². The van der Waals surface area contributed by atoms with Crippen molar-refractivity contribution in [2.45, 2.75) is 45.7 Å². The number of benzene rings is 1. The topological polar surface area (TPSA) is 61.9 Å². The van der Waals surface area contributed by atoms with Gasteiger partial charge >= 0.3 is 0 Å². The summed E-state index contributed by atoms with van der Waals surface area (Å²) in [7, 11) is 0. The molecule has 0 spiro atoms. The minimum atomic E-state index is 0. The molecule has 138 valence electrons. The minimum absolute atomic E-state index is 0. The summed E-state index contributed by atoms with van der Waals surface area (Å²) < 4.78 is 0. The third-order valence-electron chi connectivity index (χ3n) is 4.94. The molecule has 2 aliphatic rings. The fourth-order valence-electron chi connectivity index (χ4n) is 3.59. The number of aliphatic imine (C=N–C) groups is 1. The van der Waals surface area contributed by atoms with Gasteiger partial charge in [-0.3, -0.25) is 4.79 Å². The van der Waals surface area contributed by atoms with Crippen LogP contribution >= 0.6 is 24.0 Å². The molecule has 3 rings (SSSR count). The van der Waals surface area contributed by atoms with E-state index in [2.05, 4.69) is 35.0 Å². The lowest BCUT2D eigenvalue weighted by atomic mass is 10.0.